The number of aliphatic hydroxyl groups is 1. The van der Waals surface area contributed by atoms with Crippen molar-refractivity contribution in [3.63, 3.8) is 0 Å². The van der Waals surface area contributed by atoms with Crippen molar-refractivity contribution in [3.05, 3.63) is 29.8 Å². The zero-order valence-electron chi connectivity index (χ0n) is 18.3. The zero-order chi connectivity index (χ0) is 23.3. The molecule has 170 valence electrons. The zero-order valence-corrected chi connectivity index (χ0v) is 18.3. The largest absolute Gasteiger partial charge is 0.491 e. The fourth-order valence-electron chi connectivity index (χ4n) is 2.65. The number of aliphatic hydroxyl groups excluding tert-OH is 1. The lowest BCUT2D eigenvalue weighted by atomic mass is 10.1. The van der Waals surface area contributed by atoms with Crippen LogP contribution in [0.15, 0.2) is 24.3 Å². The van der Waals surface area contributed by atoms with Gasteiger partial charge in [-0.2, -0.15) is 0 Å². The van der Waals surface area contributed by atoms with E-state index >= 15 is 0 Å². The molecule has 9 heteroatoms. The second-order valence-electron chi connectivity index (χ2n) is 7.29. The Bertz CT molecular complexity index is 657. The monoisotopic (exact) mass is 426 g/mol. The summed E-state index contributed by atoms with van der Waals surface area (Å²) in [6.07, 6.45) is -0.586. The van der Waals surface area contributed by atoms with Gasteiger partial charge in [-0.05, 0) is 46.8 Å². The van der Waals surface area contributed by atoms with Crippen molar-refractivity contribution in [3.8, 4) is 5.75 Å². The molecular formula is C21H34N2O7. The van der Waals surface area contributed by atoms with Crippen molar-refractivity contribution in [1.29, 1.82) is 0 Å². The van der Waals surface area contributed by atoms with Gasteiger partial charge in [-0.25, -0.2) is 9.59 Å². The van der Waals surface area contributed by atoms with Gasteiger partial charge in [0.25, 0.3) is 0 Å². The third kappa shape index (κ3) is 12.2. The van der Waals surface area contributed by atoms with Crippen LogP contribution in [-0.2, 0) is 9.59 Å². The number of rotatable bonds is 11. The molecule has 0 spiro atoms. The normalized spacial score (nSPS) is 11.8. The van der Waals surface area contributed by atoms with Gasteiger partial charge >= 0.3 is 11.9 Å². The Labute approximate surface area is 177 Å². The van der Waals surface area contributed by atoms with E-state index in [4.69, 9.17) is 24.5 Å². The highest BCUT2D eigenvalue weighted by molar-refractivity contribution is 6.27. The first kappa shape index (κ1) is 27.5. The molecule has 1 atom stereocenters. The smallest absolute Gasteiger partial charge is 0.414 e. The second-order valence-corrected chi connectivity index (χ2v) is 7.29. The van der Waals surface area contributed by atoms with E-state index in [1.54, 1.807) is 24.3 Å². The second kappa shape index (κ2) is 14.5. The first-order chi connectivity index (χ1) is 14.0. The van der Waals surface area contributed by atoms with Gasteiger partial charge in [0, 0.05) is 37.3 Å². The topological polar surface area (TPSA) is 136 Å². The third-order valence-corrected chi connectivity index (χ3v) is 4.12. The number of Topliss-reactive ketones (excluding diaryl/α,β-unsaturated/α-hetero) is 1. The molecule has 0 amide bonds. The maximum absolute atomic E-state index is 11.3. The van der Waals surface area contributed by atoms with Crippen LogP contribution in [0.25, 0.3) is 0 Å². The molecule has 1 unspecified atom stereocenters. The number of ketones is 1. The number of carbonyl (C=O) groups excluding carboxylic acids is 1. The molecule has 4 N–H and O–H groups in total. The third-order valence-electron chi connectivity index (χ3n) is 4.12. The highest BCUT2D eigenvalue weighted by atomic mass is 16.5. The summed E-state index contributed by atoms with van der Waals surface area (Å²) in [7, 11) is 0. The predicted molar refractivity (Wildman–Crippen MR) is 113 cm³/mol. The Balaban J connectivity index is 0.00000122. The lowest BCUT2D eigenvalue weighted by Gasteiger charge is -2.30. The van der Waals surface area contributed by atoms with Crippen LogP contribution < -0.4 is 10.1 Å². The van der Waals surface area contributed by atoms with Crippen LogP contribution in [-0.4, -0.2) is 82.4 Å². The maximum atomic E-state index is 11.3. The molecule has 0 bridgehead atoms. The van der Waals surface area contributed by atoms with E-state index in [2.05, 4.69) is 37.9 Å². The van der Waals surface area contributed by atoms with Crippen molar-refractivity contribution >= 4 is 17.7 Å². The van der Waals surface area contributed by atoms with Crippen LogP contribution in [0.4, 0.5) is 0 Å². The number of carbonyl (C=O) groups is 3. The van der Waals surface area contributed by atoms with Crippen LogP contribution in [0.3, 0.4) is 0 Å². The minimum absolute atomic E-state index is 0.00234. The summed E-state index contributed by atoms with van der Waals surface area (Å²) in [6.45, 7) is 12.8. The number of nitrogens with one attached hydrogen (secondary N) is 1. The van der Waals surface area contributed by atoms with Crippen molar-refractivity contribution < 1.29 is 34.4 Å². The van der Waals surface area contributed by atoms with Crippen molar-refractivity contribution in [2.24, 2.45) is 0 Å². The highest BCUT2D eigenvalue weighted by Crippen LogP contribution is 2.14. The van der Waals surface area contributed by atoms with Gasteiger partial charge in [-0.1, -0.05) is 12.1 Å². The van der Waals surface area contributed by atoms with Gasteiger partial charge in [0.1, 0.15) is 18.5 Å². The molecule has 1 aromatic rings. The van der Waals surface area contributed by atoms with E-state index in [1.807, 2.05) is 0 Å². The molecule has 0 aromatic heterocycles. The molecule has 1 rings (SSSR count). The number of nitrogens with zero attached hydrogens (tertiary/aromatic N) is 1. The number of hydrogen-bond donors (Lipinski definition) is 4. The number of carboxylic acid groups (broad SMARTS) is 2. The van der Waals surface area contributed by atoms with E-state index in [-0.39, 0.29) is 12.4 Å². The fraction of sp³-hybridized carbons (Fsp3) is 0.571. The molecule has 0 heterocycles. The van der Waals surface area contributed by atoms with Crippen molar-refractivity contribution in [1.82, 2.24) is 10.2 Å². The molecule has 0 saturated heterocycles. The van der Waals surface area contributed by atoms with Gasteiger partial charge in [-0.3, -0.25) is 9.69 Å². The summed E-state index contributed by atoms with van der Waals surface area (Å²) in [5.74, 6) is -3.04. The molecule has 0 aliphatic rings. The maximum Gasteiger partial charge on any atom is 0.414 e. The minimum atomic E-state index is -1.82. The Kier molecular flexibility index (Phi) is 13.3. The minimum Gasteiger partial charge on any atom is -0.491 e. The van der Waals surface area contributed by atoms with E-state index in [9.17, 15) is 9.90 Å². The Morgan fingerprint density at radius 1 is 1.07 bits per heavy atom. The van der Waals surface area contributed by atoms with Crippen LogP contribution in [0.2, 0.25) is 0 Å². The number of ether oxygens (including phenoxy) is 1. The number of aliphatic carboxylic acids is 2. The van der Waals surface area contributed by atoms with Crippen molar-refractivity contribution in [2.75, 3.05) is 26.2 Å². The van der Waals surface area contributed by atoms with Crippen molar-refractivity contribution in [2.45, 2.75) is 52.8 Å². The van der Waals surface area contributed by atoms with Crippen LogP contribution in [0.5, 0.6) is 5.75 Å². The van der Waals surface area contributed by atoms with Gasteiger partial charge in [-0.15, -0.1) is 0 Å². The highest BCUT2D eigenvalue weighted by Gasteiger charge is 2.13. The Hall–Kier alpha value is -2.49. The van der Waals surface area contributed by atoms with Crippen LogP contribution in [0, 0.1) is 0 Å². The molecule has 1 aromatic carbocycles. The molecule has 0 radical (unpaired) electrons. The first-order valence-corrected chi connectivity index (χ1v) is 9.80. The number of benzene rings is 1. The molecule has 0 fully saturated rings. The molecule has 0 aliphatic heterocycles. The van der Waals surface area contributed by atoms with E-state index in [1.165, 1.54) is 6.92 Å². The fourth-order valence-corrected chi connectivity index (χ4v) is 2.65. The molecule has 0 aliphatic carbocycles. The summed E-state index contributed by atoms with van der Waals surface area (Å²) in [5, 5.41) is 28.1. The van der Waals surface area contributed by atoms with E-state index in [0.29, 0.717) is 29.9 Å². The predicted octanol–water partition coefficient (Wildman–Crippen LogP) is 1.49. The summed E-state index contributed by atoms with van der Waals surface area (Å²) in [6, 6.07) is 8.04. The van der Waals surface area contributed by atoms with Gasteiger partial charge in [0.2, 0.25) is 0 Å². The van der Waals surface area contributed by atoms with Crippen LogP contribution in [0.1, 0.15) is 45.0 Å². The summed E-state index contributed by atoms with van der Waals surface area (Å²) in [4.78, 5) is 31.9. The standard InChI is InChI=1S/C19H32N2O3.C2H2O4/c1-14(2)21(15(3)4)10-9-20-12-18(23)13-24-19-8-6-7-17(11-19)16(5)22;3-1(4)2(5)6/h6-8,11,14-15,18,20,23H,9-10,12-13H2,1-5H3;(H,3,4)(H,5,6). The number of hydrogen-bond acceptors (Lipinski definition) is 7. The lowest BCUT2D eigenvalue weighted by molar-refractivity contribution is -0.159. The average Bonchev–Trinajstić information content (AvgIpc) is 2.66. The Morgan fingerprint density at radius 3 is 2.10 bits per heavy atom. The SMILES string of the molecule is CC(=O)c1cccc(OCC(O)CNCCN(C(C)C)C(C)C)c1.O=C(O)C(=O)O. The quantitative estimate of drug-likeness (QED) is 0.236. The molecule has 30 heavy (non-hydrogen) atoms. The van der Waals surface area contributed by atoms with Gasteiger partial charge in [0.05, 0.1) is 0 Å². The van der Waals surface area contributed by atoms with E-state index in [0.717, 1.165) is 13.1 Å². The van der Waals surface area contributed by atoms with Gasteiger partial charge < -0.3 is 25.4 Å². The lowest BCUT2D eigenvalue weighted by Crippen LogP contribution is -2.43. The average molecular weight is 427 g/mol. The summed E-state index contributed by atoms with van der Waals surface area (Å²) >= 11 is 0. The first-order valence-electron chi connectivity index (χ1n) is 9.80. The molecule has 9 nitrogen and oxygen atoms in total. The van der Waals surface area contributed by atoms with Crippen LogP contribution >= 0.6 is 0 Å². The summed E-state index contributed by atoms with van der Waals surface area (Å²) < 4.78 is 5.56. The van der Waals surface area contributed by atoms with E-state index < -0.39 is 18.0 Å². The number of carboxylic acids is 2. The van der Waals surface area contributed by atoms with Gasteiger partial charge in [0.15, 0.2) is 5.78 Å². The summed E-state index contributed by atoms with van der Waals surface area (Å²) in [5.41, 5.74) is 0.613. The molecule has 0 saturated carbocycles. The molecular weight excluding hydrogens is 392 g/mol. The Morgan fingerprint density at radius 2 is 1.63 bits per heavy atom.